The van der Waals surface area contributed by atoms with E-state index in [0.29, 0.717) is 19.8 Å². The number of benzene rings is 1. The minimum atomic E-state index is -0.439. The van der Waals surface area contributed by atoms with E-state index in [1.165, 1.54) is 5.56 Å². The topological polar surface area (TPSA) is 42.0 Å². The molecule has 1 amide bonds. The van der Waals surface area contributed by atoms with Crippen LogP contribution in [0.25, 0.3) is 0 Å². The van der Waals surface area contributed by atoms with Crippen LogP contribution in [0.15, 0.2) is 24.3 Å². The number of hydrogen-bond donors (Lipinski definition) is 0. The number of carbonyl (C=O) groups excluding carboxylic acids is 1. The van der Waals surface area contributed by atoms with E-state index < -0.39 is 6.10 Å². The quantitative estimate of drug-likeness (QED) is 0.854. The van der Waals surface area contributed by atoms with Crippen molar-refractivity contribution in [2.75, 3.05) is 45.4 Å². The Hall–Kier alpha value is -1.59. The Balaban J connectivity index is 1.77. The molecule has 2 heterocycles. The van der Waals surface area contributed by atoms with Crippen LogP contribution in [0.4, 0.5) is 5.69 Å². The number of amides is 1. The minimum Gasteiger partial charge on any atom is -0.378 e. The summed E-state index contributed by atoms with van der Waals surface area (Å²) in [5.41, 5.74) is 2.36. The van der Waals surface area contributed by atoms with E-state index in [2.05, 4.69) is 29.2 Å². The van der Waals surface area contributed by atoms with E-state index in [4.69, 9.17) is 9.47 Å². The lowest BCUT2D eigenvalue weighted by Crippen LogP contribution is -2.45. The van der Waals surface area contributed by atoms with Crippen LogP contribution in [0.3, 0.4) is 0 Å². The zero-order valence-electron chi connectivity index (χ0n) is 13.3. The molecule has 0 bridgehead atoms. The Labute approximate surface area is 131 Å². The molecule has 2 saturated heterocycles. The number of likely N-dealkylation sites (tertiary alicyclic amines) is 1. The summed E-state index contributed by atoms with van der Waals surface area (Å²) in [6.07, 6.45) is 1.61. The predicted octanol–water partition coefficient (Wildman–Crippen LogP) is 1.83. The van der Waals surface area contributed by atoms with Gasteiger partial charge in [-0.1, -0.05) is 12.1 Å². The van der Waals surface area contributed by atoms with Gasteiger partial charge in [0, 0.05) is 26.3 Å². The maximum absolute atomic E-state index is 12.7. The van der Waals surface area contributed by atoms with E-state index in [-0.39, 0.29) is 11.9 Å². The van der Waals surface area contributed by atoms with Crippen molar-refractivity contribution >= 4 is 11.6 Å². The Morgan fingerprint density at radius 3 is 2.91 bits per heavy atom. The van der Waals surface area contributed by atoms with E-state index in [1.807, 2.05) is 19.0 Å². The van der Waals surface area contributed by atoms with Crippen molar-refractivity contribution in [1.82, 2.24) is 4.90 Å². The fourth-order valence-corrected chi connectivity index (χ4v) is 3.20. The number of carbonyl (C=O) groups is 1. The van der Waals surface area contributed by atoms with Gasteiger partial charge in [0.15, 0.2) is 6.10 Å². The lowest BCUT2D eigenvalue weighted by atomic mass is 10.0. The average molecular weight is 304 g/mol. The molecule has 0 N–H and O–H groups in total. The van der Waals surface area contributed by atoms with E-state index in [9.17, 15) is 4.79 Å². The molecule has 3 rings (SSSR count). The molecule has 0 radical (unpaired) electrons. The Morgan fingerprint density at radius 2 is 2.18 bits per heavy atom. The van der Waals surface area contributed by atoms with Crippen LogP contribution >= 0.6 is 0 Å². The molecular formula is C17H24N2O3. The lowest BCUT2D eigenvalue weighted by Gasteiger charge is -2.31. The van der Waals surface area contributed by atoms with Crippen molar-refractivity contribution < 1.29 is 14.3 Å². The normalized spacial score (nSPS) is 25.3. The van der Waals surface area contributed by atoms with Crippen LogP contribution in [0.1, 0.15) is 24.4 Å². The van der Waals surface area contributed by atoms with Gasteiger partial charge in [-0.05, 0) is 30.5 Å². The zero-order chi connectivity index (χ0) is 15.5. The van der Waals surface area contributed by atoms with E-state index >= 15 is 0 Å². The molecule has 22 heavy (non-hydrogen) atoms. The molecule has 2 unspecified atom stereocenters. The summed E-state index contributed by atoms with van der Waals surface area (Å²) in [6, 6.07) is 8.59. The molecule has 2 aliphatic heterocycles. The van der Waals surface area contributed by atoms with Crippen molar-refractivity contribution in [3.63, 3.8) is 0 Å². The smallest absolute Gasteiger partial charge is 0.254 e. The third kappa shape index (κ3) is 3.10. The van der Waals surface area contributed by atoms with Gasteiger partial charge in [-0.25, -0.2) is 0 Å². The van der Waals surface area contributed by atoms with Crippen LogP contribution in [0, 0.1) is 0 Å². The standard InChI is InChI=1S/C17H24N2O3/c1-18(2)14-6-3-5-13(11-14)15-7-4-8-19(15)17(20)16-12-21-9-10-22-16/h3,5-6,11,15-16H,4,7-10,12H2,1-2H3. The predicted molar refractivity (Wildman–Crippen MR) is 85.0 cm³/mol. The summed E-state index contributed by atoms with van der Waals surface area (Å²) >= 11 is 0. The first-order chi connectivity index (χ1) is 10.7. The maximum Gasteiger partial charge on any atom is 0.254 e. The monoisotopic (exact) mass is 304 g/mol. The maximum atomic E-state index is 12.7. The Bertz CT molecular complexity index is 526. The SMILES string of the molecule is CN(C)c1cccc(C2CCCN2C(=O)C2COCCO2)c1. The first-order valence-corrected chi connectivity index (χ1v) is 7.94. The summed E-state index contributed by atoms with van der Waals surface area (Å²) < 4.78 is 10.9. The van der Waals surface area contributed by atoms with Crippen molar-refractivity contribution in [2.45, 2.75) is 25.0 Å². The van der Waals surface area contributed by atoms with Crippen molar-refractivity contribution in [3.8, 4) is 0 Å². The molecule has 1 aromatic carbocycles. The molecule has 2 atom stereocenters. The molecule has 120 valence electrons. The summed E-state index contributed by atoms with van der Waals surface area (Å²) in [6.45, 7) is 2.26. The number of nitrogens with zero attached hydrogens (tertiary/aromatic N) is 2. The highest BCUT2D eigenvalue weighted by molar-refractivity contribution is 5.82. The molecule has 0 aliphatic carbocycles. The molecular weight excluding hydrogens is 280 g/mol. The number of ether oxygens (including phenoxy) is 2. The second kappa shape index (κ2) is 6.67. The molecule has 2 aliphatic rings. The second-order valence-corrected chi connectivity index (χ2v) is 6.11. The van der Waals surface area contributed by atoms with Gasteiger partial charge in [0.1, 0.15) is 0 Å². The molecule has 0 spiro atoms. The van der Waals surface area contributed by atoms with Crippen molar-refractivity contribution in [1.29, 1.82) is 0 Å². The van der Waals surface area contributed by atoms with Gasteiger partial charge in [-0.15, -0.1) is 0 Å². The number of anilines is 1. The van der Waals surface area contributed by atoms with Crippen LogP contribution < -0.4 is 4.90 Å². The molecule has 1 aromatic rings. The Morgan fingerprint density at radius 1 is 1.32 bits per heavy atom. The fourth-order valence-electron chi connectivity index (χ4n) is 3.20. The molecule has 0 saturated carbocycles. The molecule has 0 aromatic heterocycles. The third-order valence-electron chi connectivity index (χ3n) is 4.40. The van der Waals surface area contributed by atoms with Gasteiger partial charge >= 0.3 is 0 Å². The van der Waals surface area contributed by atoms with Crippen LogP contribution in [0.2, 0.25) is 0 Å². The molecule has 5 heteroatoms. The van der Waals surface area contributed by atoms with Crippen LogP contribution in [-0.4, -0.2) is 57.4 Å². The number of hydrogen-bond acceptors (Lipinski definition) is 4. The first kappa shape index (κ1) is 15.3. The largest absolute Gasteiger partial charge is 0.378 e. The highest BCUT2D eigenvalue weighted by atomic mass is 16.6. The summed E-state index contributed by atoms with van der Waals surface area (Å²) in [5.74, 6) is 0.0671. The van der Waals surface area contributed by atoms with E-state index in [1.54, 1.807) is 0 Å². The van der Waals surface area contributed by atoms with Gasteiger partial charge in [0.2, 0.25) is 0 Å². The second-order valence-electron chi connectivity index (χ2n) is 6.11. The van der Waals surface area contributed by atoms with Gasteiger partial charge in [0.05, 0.1) is 25.9 Å². The summed E-state index contributed by atoms with van der Waals surface area (Å²) in [7, 11) is 4.06. The minimum absolute atomic E-state index is 0.0671. The highest BCUT2D eigenvalue weighted by Crippen LogP contribution is 2.34. The average Bonchev–Trinajstić information content (AvgIpc) is 3.04. The summed E-state index contributed by atoms with van der Waals surface area (Å²) in [5, 5.41) is 0. The fraction of sp³-hybridized carbons (Fsp3) is 0.588. The van der Waals surface area contributed by atoms with Crippen LogP contribution in [0.5, 0.6) is 0 Å². The van der Waals surface area contributed by atoms with Gasteiger partial charge in [-0.2, -0.15) is 0 Å². The lowest BCUT2D eigenvalue weighted by molar-refractivity contribution is -0.158. The Kier molecular flexibility index (Phi) is 4.64. The molecule has 5 nitrogen and oxygen atoms in total. The van der Waals surface area contributed by atoms with Crippen LogP contribution in [-0.2, 0) is 14.3 Å². The zero-order valence-corrected chi connectivity index (χ0v) is 13.3. The van der Waals surface area contributed by atoms with E-state index in [0.717, 1.165) is 25.1 Å². The van der Waals surface area contributed by atoms with Gasteiger partial charge in [0.25, 0.3) is 5.91 Å². The third-order valence-corrected chi connectivity index (χ3v) is 4.40. The van der Waals surface area contributed by atoms with Crippen molar-refractivity contribution in [3.05, 3.63) is 29.8 Å². The van der Waals surface area contributed by atoms with Gasteiger partial charge in [-0.3, -0.25) is 4.79 Å². The van der Waals surface area contributed by atoms with Gasteiger partial charge < -0.3 is 19.3 Å². The summed E-state index contributed by atoms with van der Waals surface area (Å²) in [4.78, 5) is 16.8. The molecule has 2 fully saturated rings. The highest BCUT2D eigenvalue weighted by Gasteiger charge is 2.35. The first-order valence-electron chi connectivity index (χ1n) is 7.94. The van der Waals surface area contributed by atoms with Crippen molar-refractivity contribution in [2.24, 2.45) is 0 Å². The number of rotatable bonds is 3.